The summed E-state index contributed by atoms with van der Waals surface area (Å²) in [7, 11) is -0.281. The Morgan fingerprint density at radius 3 is 2.52 bits per heavy atom. The van der Waals surface area contributed by atoms with Crippen molar-refractivity contribution in [1.29, 1.82) is 0 Å². The standard InChI is InChI=1S/C11H12ClF2NO4S2/c1-20(17)4-2-3-15-11(16)8-5-7(21(12,18)19)6-9(13)10(8)14/h5-6H,2-4H2,1H3,(H,15,16). The monoisotopic (exact) mass is 359 g/mol. The van der Waals surface area contributed by atoms with E-state index in [1.165, 1.54) is 6.26 Å². The van der Waals surface area contributed by atoms with Crippen LogP contribution in [0.5, 0.6) is 0 Å². The van der Waals surface area contributed by atoms with Crippen molar-refractivity contribution in [1.82, 2.24) is 5.32 Å². The fourth-order valence-corrected chi connectivity index (χ4v) is 2.76. The maximum Gasteiger partial charge on any atom is 0.261 e. The molecule has 0 bridgehead atoms. The first-order valence-corrected chi connectivity index (χ1v) is 9.68. The summed E-state index contributed by atoms with van der Waals surface area (Å²) >= 11 is 0. The molecule has 118 valence electrons. The molecule has 1 unspecified atom stereocenters. The Labute approximate surface area is 127 Å². The summed E-state index contributed by atoms with van der Waals surface area (Å²) in [4.78, 5) is 11.0. The molecule has 0 aliphatic rings. The maximum absolute atomic E-state index is 13.5. The van der Waals surface area contributed by atoms with Gasteiger partial charge in [0.2, 0.25) is 0 Å². The molecule has 1 rings (SSSR count). The quantitative estimate of drug-likeness (QED) is 0.615. The molecular weight excluding hydrogens is 348 g/mol. The predicted molar refractivity (Wildman–Crippen MR) is 75.3 cm³/mol. The lowest BCUT2D eigenvalue weighted by molar-refractivity contribution is 0.0948. The highest BCUT2D eigenvalue weighted by Crippen LogP contribution is 2.21. The summed E-state index contributed by atoms with van der Waals surface area (Å²) in [5.41, 5.74) is -0.758. The molecule has 0 aliphatic heterocycles. The van der Waals surface area contributed by atoms with Gasteiger partial charge in [-0.2, -0.15) is 0 Å². The van der Waals surface area contributed by atoms with Gasteiger partial charge < -0.3 is 5.32 Å². The van der Waals surface area contributed by atoms with Gasteiger partial charge in [0.05, 0.1) is 10.5 Å². The number of carbonyl (C=O) groups is 1. The van der Waals surface area contributed by atoms with Gasteiger partial charge in [-0.3, -0.25) is 9.00 Å². The SMILES string of the molecule is CS(=O)CCCNC(=O)c1cc(S(=O)(=O)Cl)cc(F)c1F. The van der Waals surface area contributed by atoms with E-state index in [1.54, 1.807) is 0 Å². The number of carbonyl (C=O) groups excluding carboxylic acids is 1. The number of halogens is 3. The van der Waals surface area contributed by atoms with Crippen molar-refractivity contribution >= 4 is 36.4 Å². The molecule has 21 heavy (non-hydrogen) atoms. The van der Waals surface area contributed by atoms with Crippen LogP contribution < -0.4 is 5.32 Å². The Kier molecular flexibility index (Phi) is 6.24. The highest BCUT2D eigenvalue weighted by molar-refractivity contribution is 8.13. The third-order valence-electron chi connectivity index (χ3n) is 2.42. The second-order valence-electron chi connectivity index (χ2n) is 4.09. The third kappa shape index (κ3) is 5.33. The van der Waals surface area contributed by atoms with E-state index in [0.717, 1.165) is 0 Å². The highest BCUT2D eigenvalue weighted by Gasteiger charge is 2.21. The lowest BCUT2D eigenvalue weighted by Gasteiger charge is -2.07. The largest absolute Gasteiger partial charge is 0.352 e. The highest BCUT2D eigenvalue weighted by atomic mass is 35.7. The summed E-state index contributed by atoms with van der Waals surface area (Å²) in [5, 5.41) is 2.28. The number of rotatable bonds is 6. The Balaban J connectivity index is 2.93. The van der Waals surface area contributed by atoms with Gasteiger partial charge in [0.15, 0.2) is 11.6 Å². The van der Waals surface area contributed by atoms with E-state index >= 15 is 0 Å². The van der Waals surface area contributed by atoms with Crippen LogP contribution in [0.15, 0.2) is 17.0 Å². The fourth-order valence-electron chi connectivity index (χ4n) is 1.44. The second kappa shape index (κ2) is 7.28. The maximum atomic E-state index is 13.5. The van der Waals surface area contributed by atoms with Gasteiger partial charge in [0.25, 0.3) is 15.0 Å². The summed E-state index contributed by atoms with van der Waals surface area (Å²) in [6, 6.07) is 1.06. The molecule has 0 aromatic heterocycles. The molecule has 1 amide bonds. The van der Waals surface area contributed by atoms with E-state index in [1.807, 2.05) is 0 Å². The molecule has 5 nitrogen and oxygen atoms in total. The lowest BCUT2D eigenvalue weighted by atomic mass is 10.2. The number of hydrogen-bond acceptors (Lipinski definition) is 4. The summed E-state index contributed by atoms with van der Waals surface area (Å²) in [5.74, 6) is -3.59. The van der Waals surface area contributed by atoms with Crippen molar-refractivity contribution in [2.45, 2.75) is 11.3 Å². The van der Waals surface area contributed by atoms with E-state index in [4.69, 9.17) is 10.7 Å². The van der Waals surface area contributed by atoms with Crippen LogP contribution in [0.1, 0.15) is 16.8 Å². The van der Waals surface area contributed by atoms with Crippen LogP contribution in [0.3, 0.4) is 0 Å². The predicted octanol–water partition coefficient (Wildman–Crippen LogP) is 1.39. The number of hydrogen-bond donors (Lipinski definition) is 1. The van der Waals surface area contributed by atoms with E-state index in [9.17, 15) is 26.2 Å². The zero-order valence-electron chi connectivity index (χ0n) is 10.9. The zero-order chi connectivity index (χ0) is 16.2. The van der Waals surface area contributed by atoms with Crippen LogP contribution in [0.2, 0.25) is 0 Å². The van der Waals surface area contributed by atoms with Crippen LogP contribution >= 0.6 is 10.7 Å². The van der Waals surface area contributed by atoms with Gasteiger partial charge in [-0.15, -0.1) is 0 Å². The average Bonchev–Trinajstić information content (AvgIpc) is 2.35. The number of benzene rings is 1. The molecule has 0 fully saturated rings. The van der Waals surface area contributed by atoms with Crippen molar-refractivity contribution in [3.63, 3.8) is 0 Å². The molecule has 1 aromatic carbocycles. The van der Waals surface area contributed by atoms with Gasteiger partial charge in [-0.05, 0) is 18.6 Å². The minimum atomic E-state index is -4.29. The molecule has 1 atom stereocenters. The molecule has 0 saturated carbocycles. The van der Waals surface area contributed by atoms with Crippen molar-refractivity contribution in [2.24, 2.45) is 0 Å². The first kappa shape index (κ1) is 18.0. The molecule has 0 heterocycles. The van der Waals surface area contributed by atoms with Crippen molar-refractivity contribution in [2.75, 3.05) is 18.6 Å². The third-order valence-corrected chi connectivity index (χ3v) is 4.62. The van der Waals surface area contributed by atoms with Crippen molar-refractivity contribution in [3.8, 4) is 0 Å². The molecule has 10 heteroatoms. The number of nitrogens with one attached hydrogen (secondary N) is 1. The molecule has 0 spiro atoms. The summed E-state index contributed by atoms with van der Waals surface area (Å²) in [6.07, 6.45) is 1.87. The fraction of sp³-hybridized carbons (Fsp3) is 0.364. The van der Waals surface area contributed by atoms with Crippen LogP contribution in [0.4, 0.5) is 8.78 Å². The molecule has 0 radical (unpaired) electrons. The Morgan fingerprint density at radius 1 is 1.38 bits per heavy atom. The van der Waals surface area contributed by atoms with E-state index in [2.05, 4.69) is 5.32 Å². The van der Waals surface area contributed by atoms with Crippen LogP contribution in [0.25, 0.3) is 0 Å². The van der Waals surface area contributed by atoms with Crippen molar-refractivity contribution in [3.05, 3.63) is 29.3 Å². The summed E-state index contributed by atoms with van der Waals surface area (Å²) < 4.78 is 59.9. The van der Waals surface area contributed by atoms with Crippen LogP contribution in [0, 0.1) is 11.6 Å². The van der Waals surface area contributed by atoms with E-state index in [-0.39, 0.29) is 6.54 Å². The van der Waals surface area contributed by atoms with Gasteiger partial charge in [-0.25, -0.2) is 17.2 Å². The van der Waals surface area contributed by atoms with Crippen LogP contribution in [-0.2, 0) is 19.9 Å². The molecule has 0 aliphatic carbocycles. The van der Waals surface area contributed by atoms with Crippen LogP contribution in [-0.4, -0.2) is 37.1 Å². The Morgan fingerprint density at radius 2 is 2.00 bits per heavy atom. The Hall–Kier alpha value is -1.06. The smallest absolute Gasteiger partial charge is 0.261 e. The topological polar surface area (TPSA) is 80.3 Å². The average molecular weight is 360 g/mol. The number of amides is 1. The van der Waals surface area contributed by atoms with Gasteiger partial charge >= 0.3 is 0 Å². The summed E-state index contributed by atoms with van der Waals surface area (Å²) in [6.45, 7) is 0.0946. The molecule has 1 aromatic rings. The second-order valence-corrected chi connectivity index (χ2v) is 8.21. The van der Waals surface area contributed by atoms with E-state index in [0.29, 0.717) is 24.3 Å². The van der Waals surface area contributed by atoms with Gasteiger partial charge in [0, 0.05) is 40.0 Å². The first-order chi connectivity index (χ1) is 9.62. The lowest BCUT2D eigenvalue weighted by Crippen LogP contribution is -2.26. The minimum absolute atomic E-state index is 0.0946. The zero-order valence-corrected chi connectivity index (χ0v) is 13.2. The Bertz CT molecular complexity index is 679. The van der Waals surface area contributed by atoms with Crippen molar-refractivity contribution < 1.29 is 26.2 Å². The van der Waals surface area contributed by atoms with E-state index < -0.39 is 47.9 Å². The normalized spacial score (nSPS) is 13.0. The first-order valence-electron chi connectivity index (χ1n) is 5.65. The molecular formula is C11H12ClF2NO4S2. The van der Waals surface area contributed by atoms with Gasteiger partial charge in [0.1, 0.15) is 0 Å². The molecule has 1 N–H and O–H groups in total. The molecule has 0 saturated heterocycles. The van der Waals surface area contributed by atoms with Gasteiger partial charge in [-0.1, -0.05) is 0 Å². The minimum Gasteiger partial charge on any atom is -0.352 e.